The molecule has 0 aliphatic rings. The van der Waals surface area contributed by atoms with E-state index in [0.29, 0.717) is 4.96 Å². The maximum absolute atomic E-state index is 14.0. The molecule has 0 amide bonds. The summed E-state index contributed by atoms with van der Waals surface area (Å²) in [6.07, 6.45) is 1.41. The Morgan fingerprint density at radius 2 is 2.08 bits per heavy atom. The molecular weight excluding hydrogens is 379 g/mol. The van der Waals surface area contributed by atoms with Gasteiger partial charge in [-0.05, 0) is 13.0 Å². The average molecular weight is 388 g/mol. The van der Waals surface area contributed by atoms with Crippen molar-refractivity contribution in [2.75, 3.05) is 6.61 Å². The van der Waals surface area contributed by atoms with E-state index in [-0.39, 0.29) is 22.5 Å². The topological polar surface area (TPSA) is 124 Å². The predicted octanol–water partition coefficient (Wildman–Crippen LogP) is 1.82. The van der Waals surface area contributed by atoms with E-state index in [4.69, 9.17) is 9.29 Å². The second-order valence-electron chi connectivity index (χ2n) is 4.70. The van der Waals surface area contributed by atoms with Gasteiger partial charge < -0.3 is 8.92 Å². The van der Waals surface area contributed by atoms with Gasteiger partial charge in [-0.1, -0.05) is 11.3 Å². The third-order valence-electron chi connectivity index (χ3n) is 3.07. The lowest BCUT2D eigenvalue weighted by molar-refractivity contribution is 0.0531. The van der Waals surface area contributed by atoms with Crippen LogP contribution >= 0.6 is 11.3 Å². The highest BCUT2D eigenvalue weighted by molar-refractivity contribution is 7.81. The molecule has 132 valence electrons. The smallest absolute Gasteiger partial charge is 0.449 e. The Labute approximate surface area is 143 Å². The summed E-state index contributed by atoms with van der Waals surface area (Å²) in [6.45, 7) is 1.85. The normalized spacial score (nSPS) is 11.8. The molecule has 2 aromatic heterocycles. The minimum Gasteiger partial charge on any atom is -0.462 e. The number of benzene rings is 1. The van der Waals surface area contributed by atoms with Crippen LogP contribution in [0.25, 0.3) is 16.0 Å². The Bertz CT molecular complexity index is 1120. The van der Waals surface area contributed by atoms with Gasteiger partial charge in [0.1, 0.15) is 10.7 Å². The van der Waals surface area contributed by atoms with Crippen molar-refractivity contribution in [1.29, 1.82) is 0 Å². The summed E-state index contributed by atoms with van der Waals surface area (Å²) < 4.78 is 53.8. The van der Waals surface area contributed by atoms with Gasteiger partial charge in [0, 0.05) is 12.3 Å². The zero-order chi connectivity index (χ0) is 18.4. The minimum absolute atomic E-state index is 0.183. The third-order valence-corrected chi connectivity index (χ3v) is 4.40. The minimum atomic E-state index is -5.08. The van der Waals surface area contributed by atoms with Crippen molar-refractivity contribution in [2.24, 2.45) is 0 Å². The van der Waals surface area contributed by atoms with E-state index < -0.39 is 33.7 Å². The first-order chi connectivity index (χ1) is 11.7. The average Bonchev–Trinajstić information content (AvgIpc) is 3.02. The number of thiazole rings is 1. The van der Waals surface area contributed by atoms with E-state index in [1.54, 1.807) is 6.92 Å². The fourth-order valence-corrected chi connectivity index (χ4v) is 3.30. The lowest BCUT2D eigenvalue weighted by Gasteiger charge is -2.02. The highest BCUT2D eigenvalue weighted by Crippen LogP contribution is 2.26. The number of fused-ring (bicyclic) bond motifs is 3. The van der Waals surface area contributed by atoms with Crippen LogP contribution in [-0.4, -0.2) is 40.9 Å². The summed E-state index contributed by atoms with van der Waals surface area (Å²) in [6, 6.07) is 1.93. The van der Waals surface area contributed by atoms with E-state index in [1.165, 1.54) is 10.6 Å². The molecule has 9 nitrogen and oxygen atoms in total. The van der Waals surface area contributed by atoms with Crippen molar-refractivity contribution in [3.63, 3.8) is 0 Å². The van der Waals surface area contributed by atoms with E-state index in [0.717, 1.165) is 23.5 Å². The van der Waals surface area contributed by atoms with Crippen molar-refractivity contribution in [1.82, 2.24) is 9.38 Å². The Morgan fingerprint density at radius 1 is 1.36 bits per heavy atom. The number of imidazole rings is 1. The standard InChI is InChI=1S/C13H9FN2O7S2/c1-2-22-12(18)10-5-16-9-3-6(11(17)23-25(19,20)21)7(14)4-8(9)15-13(16)24-10/h3-5H,2H2,1H3,(H,19,20,21). The summed E-state index contributed by atoms with van der Waals surface area (Å²) in [5.41, 5.74) is -0.288. The van der Waals surface area contributed by atoms with Crippen LogP contribution in [-0.2, 0) is 19.3 Å². The van der Waals surface area contributed by atoms with Crippen LogP contribution in [0.1, 0.15) is 27.0 Å². The first-order valence-electron chi connectivity index (χ1n) is 6.69. The van der Waals surface area contributed by atoms with E-state index in [2.05, 4.69) is 9.17 Å². The van der Waals surface area contributed by atoms with Crippen LogP contribution < -0.4 is 0 Å². The van der Waals surface area contributed by atoms with Crippen LogP contribution in [0.15, 0.2) is 18.3 Å². The van der Waals surface area contributed by atoms with Crippen LogP contribution in [0.5, 0.6) is 0 Å². The molecule has 3 rings (SSSR count). The SMILES string of the molecule is CCOC(=O)c1cn2c(nc3cc(F)c(C(=O)OS(=O)(=O)O)cc32)s1. The maximum Gasteiger partial charge on any atom is 0.449 e. The molecule has 0 unspecified atom stereocenters. The molecule has 0 bridgehead atoms. The van der Waals surface area contributed by atoms with Gasteiger partial charge in [0.2, 0.25) is 0 Å². The van der Waals surface area contributed by atoms with Gasteiger partial charge in [0.15, 0.2) is 4.96 Å². The molecule has 0 aliphatic heterocycles. The Morgan fingerprint density at radius 3 is 2.72 bits per heavy atom. The first-order valence-corrected chi connectivity index (χ1v) is 8.87. The monoisotopic (exact) mass is 388 g/mol. The van der Waals surface area contributed by atoms with Crippen molar-refractivity contribution in [3.8, 4) is 0 Å². The second kappa shape index (κ2) is 6.06. The Balaban J connectivity index is 2.12. The summed E-state index contributed by atoms with van der Waals surface area (Å²) in [5, 5.41) is 0. The van der Waals surface area contributed by atoms with Gasteiger partial charge in [0.25, 0.3) is 0 Å². The fourth-order valence-electron chi connectivity index (χ4n) is 2.13. The van der Waals surface area contributed by atoms with E-state index >= 15 is 0 Å². The van der Waals surface area contributed by atoms with E-state index in [1.807, 2.05) is 0 Å². The Hall–Kier alpha value is -2.57. The predicted molar refractivity (Wildman–Crippen MR) is 83.5 cm³/mol. The lowest BCUT2D eigenvalue weighted by atomic mass is 10.2. The van der Waals surface area contributed by atoms with Crippen LogP contribution in [0.3, 0.4) is 0 Å². The van der Waals surface area contributed by atoms with Gasteiger partial charge in [-0.3, -0.25) is 8.95 Å². The van der Waals surface area contributed by atoms with Gasteiger partial charge in [-0.25, -0.2) is 19.0 Å². The quantitative estimate of drug-likeness (QED) is 0.530. The van der Waals surface area contributed by atoms with E-state index in [9.17, 15) is 22.4 Å². The molecule has 0 aliphatic carbocycles. The van der Waals surface area contributed by atoms with Crippen LogP contribution in [0.4, 0.5) is 4.39 Å². The first kappa shape index (κ1) is 17.3. The largest absolute Gasteiger partial charge is 0.462 e. The number of carbonyl (C=O) groups is 2. The molecule has 1 aromatic carbocycles. The summed E-state index contributed by atoms with van der Waals surface area (Å²) in [7, 11) is -5.08. The van der Waals surface area contributed by atoms with Crippen LogP contribution in [0.2, 0.25) is 0 Å². The summed E-state index contributed by atoms with van der Waals surface area (Å²) in [5.74, 6) is -3.21. The molecule has 12 heteroatoms. The fraction of sp³-hybridized carbons (Fsp3) is 0.154. The number of esters is 1. The number of aromatic nitrogens is 2. The van der Waals surface area contributed by atoms with Gasteiger partial charge in [0.05, 0.1) is 23.2 Å². The molecule has 2 heterocycles. The molecule has 0 radical (unpaired) electrons. The molecule has 1 N–H and O–H groups in total. The zero-order valence-corrected chi connectivity index (χ0v) is 14.1. The molecular formula is C13H9FN2O7S2. The summed E-state index contributed by atoms with van der Waals surface area (Å²) >= 11 is 1.00. The maximum atomic E-state index is 14.0. The molecule has 0 saturated carbocycles. The molecule has 0 atom stereocenters. The zero-order valence-electron chi connectivity index (χ0n) is 12.4. The lowest BCUT2D eigenvalue weighted by Crippen LogP contribution is -2.13. The summed E-state index contributed by atoms with van der Waals surface area (Å²) in [4.78, 5) is 28.2. The number of hydrogen-bond donors (Lipinski definition) is 1. The third kappa shape index (κ3) is 3.31. The van der Waals surface area contributed by atoms with Gasteiger partial charge >= 0.3 is 22.3 Å². The number of nitrogens with zero attached hydrogens (tertiary/aromatic N) is 2. The van der Waals surface area contributed by atoms with Crippen molar-refractivity contribution < 1.29 is 35.9 Å². The van der Waals surface area contributed by atoms with Crippen molar-refractivity contribution >= 4 is 49.7 Å². The van der Waals surface area contributed by atoms with Gasteiger partial charge in [-0.2, -0.15) is 8.42 Å². The van der Waals surface area contributed by atoms with Crippen molar-refractivity contribution in [3.05, 3.63) is 34.6 Å². The molecule has 25 heavy (non-hydrogen) atoms. The Kier molecular flexibility index (Phi) is 4.18. The van der Waals surface area contributed by atoms with Gasteiger partial charge in [-0.15, -0.1) is 0 Å². The number of ether oxygens (including phenoxy) is 1. The highest BCUT2D eigenvalue weighted by Gasteiger charge is 2.22. The number of carbonyl (C=O) groups excluding carboxylic acids is 2. The van der Waals surface area contributed by atoms with Crippen molar-refractivity contribution in [2.45, 2.75) is 6.92 Å². The molecule has 0 fully saturated rings. The molecule has 0 spiro atoms. The molecule has 3 aromatic rings. The van der Waals surface area contributed by atoms with Crippen LogP contribution in [0, 0.1) is 5.82 Å². The number of rotatable bonds is 4. The number of hydrogen-bond acceptors (Lipinski definition) is 8. The highest BCUT2D eigenvalue weighted by atomic mass is 32.3. The second-order valence-corrected chi connectivity index (χ2v) is 6.73. The molecule has 0 saturated heterocycles. The number of halogens is 1.